The number of amides is 2. The Balaban J connectivity index is 1.96. The van der Waals surface area contributed by atoms with Crippen molar-refractivity contribution < 1.29 is 9.59 Å². The van der Waals surface area contributed by atoms with E-state index in [1.54, 1.807) is 12.3 Å². The summed E-state index contributed by atoms with van der Waals surface area (Å²) in [7, 11) is 2.07. The number of hydrogen-bond acceptors (Lipinski definition) is 4. The summed E-state index contributed by atoms with van der Waals surface area (Å²) in [6, 6.07) is 11.6. The molecule has 31 heavy (non-hydrogen) atoms. The van der Waals surface area contributed by atoms with Gasteiger partial charge in [-0.1, -0.05) is 32.0 Å². The molecule has 0 unspecified atom stereocenters. The fourth-order valence-corrected chi connectivity index (χ4v) is 3.97. The highest BCUT2D eigenvalue weighted by atomic mass is 16.2. The first-order chi connectivity index (χ1) is 14.8. The lowest BCUT2D eigenvalue weighted by Crippen LogP contribution is -2.37. The van der Waals surface area contributed by atoms with Crippen molar-refractivity contribution in [3.8, 4) is 0 Å². The molecule has 0 atom stereocenters. The van der Waals surface area contributed by atoms with Gasteiger partial charge in [0.15, 0.2) is 0 Å². The highest BCUT2D eigenvalue weighted by Gasteiger charge is 2.24. The van der Waals surface area contributed by atoms with Gasteiger partial charge in [-0.25, -0.2) is 0 Å². The number of para-hydroxylation sites is 1. The minimum absolute atomic E-state index is 0.00648. The number of pyridine rings is 1. The molecule has 6 heteroatoms. The Bertz CT molecular complexity index is 912. The first-order valence-corrected chi connectivity index (χ1v) is 11.1. The zero-order valence-electron chi connectivity index (χ0n) is 19.2. The molecule has 0 bridgehead atoms. The monoisotopic (exact) mass is 422 g/mol. The molecule has 1 aliphatic heterocycles. The molecule has 0 radical (unpaired) electrons. The summed E-state index contributed by atoms with van der Waals surface area (Å²) >= 11 is 0. The summed E-state index contributed by atoms with van der Waals surface area (Å²) in [6.07, 6.45) is 3.09. The Hall–Kier alpha value is -2.73. The molecule has 2 aromatic rings. The third kappa shape index (κ3) is 6.14. The fraction of sp³-hybridized carbons (Fsp3) is 0.480. The van der Waals surface area contributed by atoms with Crippen LogP contribution in [-0.4, -0.2) is 59.8 Å². The van der Waals surface area contributed by atoms with Gasteiger partial charge in [0, 0.05) is 55.7 Å². The topological polar surface area (TPSA) is 56.8 Å². The molecule has 0 saturated carbocycles. The molecule has 6 nitrogen and oxygen atoms in total. The van der Waals surface area contributed by atoms with Crippen molar-refractivity contribution in [1.29, 1.82) is 0 Å². The number of aryl methyl sites for hydroxylation is 1. The number of benzene rings is 1. The Labute approximate surface area is 185 Å². The lowest BCUT2D eigenvalue weighted by atomic mass is 10.1. The van der Waals surface area contributed by atoms with Crippen LogP contribution in [0.25, 0.3) is 0 Å². The summed E-state index contributed by atoms with van der Waals surface area (Å²) in [4.78, 5) is 36.7. The zero-order chi connectivity index (χ0) is 22.4. The first-order valence-electron chi connectivity index (χ1n) is 11.1. The molecule has 3 rings (SSSR count). The number of aromatic nitrogens is 1. The second-order valence-electron chi connectivity index (χ2n) is 8.84. The number of carbonyl (C=O) groups is 2. The maximum atomic E-state index is 13.4. The van der Waals surface area contributed by atoms with Crippen LogP contribution in [0.15, 0.2) is 42.6 Å². The van der Waals surface area contributed by atoms with Gasteiger partial charge in [-0.05, 0) is 56.6 Å². The van der Waals surface area contributed by atoms with Gasteiger partial charge in [0.2, 0.25) is 5.91 Å². The Kier molecular flexibility index (Phi) is 7.80. The Morgan fingerprint density at radius 2 is 1.84 bits per heavy atom. The van der Waals surface area contributed by atoms with Crippen LogP contribution in [0.5, 0.6) is 0 Å². The molecule has 1 aromatic carbocycles. The molecular formula is C25H34N4O2. The van der Waals surface area contributed by atoms with E-state index in [4.69, 9.17) is 0 Å². The predicted octanol–water partition coefficient (Wildman–Crippen LogP) is 3.75. The Morgan fingerprint density at radius 3 is 2.58 bits per heavy atom. The molecule has 1 aliphatic rings. The largest absolute Gasteiger partial charge is 0.333 e. The SMILES string of the molecule is Cc1cc(C(=O)N2CCN(C)CCCN(C(=O)CC(C)C)c3ccccc3C2)ccn1. The normalized spacial score (nSPS) is 16.0. The number of likely N-dealkylation sites (N-methyl/N-ethyl adjacent to an activating group) is 1. The van der Waals surface area contributed by atoms with Crippen molar-refractivity contribution in [2.24, 2.45) is 5.92 Å². The minimum atomic E-state index is -0.00648. The van der Waals surface area contributed by atoms with Gasteiger partial charge in [0.1, 0.15) is 0 Å². The number of rotatable bonds is 3. The van der Waals surface area contributed by atoms with Gasteiger partial charge in [0.25, 0.3) is 5.91 Å². The van der Waals surface area contributed by atoms with Gasteiger partial charge in [-0.3, -0.25) is 14.6 Å². The lowest BCUT2D eigenvalue weighted by Gasteiger charge is -2.28. The van der Waals surface area contributed by atoms with Crippen molar-refractivity contribution in [2.45, 2.75) is 40.2 Å². The molecule has 0 saturated heterocycles. The van der Waals surface area contributed by atoms with Gasteiger partial charge < -0.3 is 14.7 Å². The van der Waals surface area contributed by atoms with Crippen molar-refractivity contribution in [3.63, 3.8) is 0 Å². The van der Waals surface area contributed by atoms with E-state index in [2.05, 4.69) is 30.8 Å². The standard InChI is InChI=1S/C25H34N4O2/c1-19(2)16-24(30)29-13-7-12-27(4)14-15-28(18-22-8-5-6-9-23(22)29)25(31)21-10-11-26-20(3)17-21/h5-6,8-11,17,19H,7,12-16,18H2,1-4H3. The number of carbonyl (C=O) groups excluding carboxylic acids is 2. The summed E-state index contributed by atoms with van der Waals surface area (Å²) in [6.45, 7) is 9.49. The molecule has 1 aromatic heterocycles. The highest BCUT2D eigenvalue weighted by molar-refractivity contribution is 5.95. The lowest BCUT2D eigenvalue weighted by molar-refractivity contribution is -0.119. The van der Waals surface area contributed by atoms with E-state index in [-0.39, 0.29) is 11.8 Å². The van der Waals surface area contributed by atoms with E-state index >= 15 is 0 Å². The molecule has 166 valence electrons. The molecule has 2 heterocycles. The number of nitrogens with zero attached hydrogens (tertiary/aromatic N) is 4. The van der Waals surface area contributed by atoms with E-state index in [0.717, 1.165) is 36.5 Å². The van der Waals surface area contributed by atoms with Crippen LogP contribution in [0.1, 0.15) is 48.3 Å². The quantitative estimate of drug-likeness (QED) is 0.756. The first kappa shape index (κ1) is 22.9. The summed E-state index contributed by atoms with van der Waals surface area (Å²) in [5, 5.41) is 0. The second-order valence-corrected chi connectivity index (χ2v) is 8.84. The zero-order valence-corrected chi connectivity index (χ0v) is 19.2. The van der Waals surface area contributed by atoms with Crippen molar-refractivity contribution in [1.82, 2.24) is 14.8 Å². The number of anilines is 1. The number of fused-ring (bicyclic) bond motifs is 1. The molecule has 2 amide bonds. The van der Waals surface area contributed by atoms with Crippen LogP contribution < -0.4 is 4.90 Å². The van der Waals surface area contributed by atoms with E-state index in [9.17, 15) is 9.59 Å². The third-order valence-electron chi connectivity index (χ3n) is 5.63. The van der Waals surface area contributed by atoms with E-state index in [1.165, 1.54) is 0 Å². The number of hydrogen-bond donors (Lipinski definition) is 0. The predicted molar refractivity (Wildman–Crippen MR) is 124 cm³/mol. The van der Waals surface area contributed by atoms with Crippen LogP contribution >= 0.6 is 0 Å². The van der Waals surface area contributed by atoms with Crippen LogP contribution in [-0.2, 0) is 11.3 Å². The smallest absolute Gasteiger partial charge is 0.254 e. The van der Waals surface area contributed by atoms with Gasteiger partial charge >= 0.3 is 0 Å². The van der Waals surface area contributed by atoms with E-state index < -0.39 is 0 Å². The average molecular weight is 423 g/mol. The molecule has 0 aliphatic carbocycles. The summed E-state index contributed by atoms with van der Waals surface area (Å²) in [5.74, 6) is 0.438. The van der Waals surface area contributed by atoms with Gasteiger partial charge in [-0.2, -0.15) is 0 Å². The van der Waals surface area contributed by atoms with Crippen molar-refractivity contribution in [3.05, 3.63) is 59.4 Å². The van der Waals surface area contributed by atoms with Crippen LogP contribution in [0.2, 0.25) is 0 Å². The molecule has 0 fully saturated rings. The third-order valence-corrected chi connectivity index (χ3v) is 5.63. The summed E-state index contributed by atoms with van der Waals surface area (Å²) < 4.78 is 0. The van der Waals surface area contributed by atoms with Crippen LogP contribution in [0.3, 0.4) is 0 Å². The molecule has 0 N–H and O–H groups in total. The highest BCUT2D eigenvalue weighted by Crippen LogP contribution is 2.25. The van der Waals surface area contributed by atoms with E-state index in [1.807, 2.05) is 47.1 Å². The summed E-state index contributed by atoms with van der Waals surface area (Å²) in [5.41, 5.74) is 3.40. The maximum Gasteiger partial charge on any atom is 0.254 e. The average Bonchev–Trinajstić information content (AvgIpc) is 2.76. The van der Waals surface area contributed by atoms with Crippen LogP contribution in [0.4, 0.5) is 5.69 Å². The van der Waals surface area contributed by atoms with Crippen LogP contribution in [0, 0.1) is 12.8 Å². The second kappa shape index (κ2) is 10.5. The van der Waals surface area contributed by atoms with E-state index in [0.29, 0.717) is 37.5 Å². The van der Waals surface area contributed by atoms with Gasteiger partial charge in [-0.15, -0.1) is 0 Å². The molecular weight excluding hydrogens is 388 g/mol. The fourth-order valence-electron chi connectivity index (χ4n) is 3.97. The van der Waals surface area contributed by atoms with Crippen molar-refractivity contribution >= 4 is 17.5 Å². The minimum Gasteiger partial charge on any atom is -0.333 e. The van der Waals surface area contributed by atoms with Gasteiger partial charge in [0.05, 0.1) is 0 Å². The molecule has 0 spiro atoms. The Morgan fingerprint density at radius 1 is 1.06 bits per heavy atom. The maximum absolute atomic E-state index is 13.4. The van der Waals surface area contributed by atoms with Crippen molar-refractivity contribution in [2.75, 3.05) is 38.1 Å².